The molecule has 0 bridgehead atoms. The second kappa shape index (κ2) is 7.09. The Kier molecular flexibility index (Phi) is 5.44. The van der Waals surface area contributed by atoms with Gasteiger partial charge in [0.1, 0.15) is 0 Å². The van der Waals surface area contributed by atoms with Gasteiger partial charge in [-0.15, -0.1) is 0 Å². The third-order valence-electron chi connectivity index (χ3n) is 4.37. The van der Waals surface area contributed by atoms with Crippen molar-refractivity contribution in [1.82, 2.24) is 5.32 Å². The molecule has 3 nitrogen and oxygen atoms in total. The lowest BCUT2D eigenvalue weighted by molar-refractivity contribution is 0.145. The first-order valence-corrected chi connectivity index (χ1v) is 7.89. The van der Waals surface area contributed by atoms with Crippen molar-refractivity contribution in [3.63, 3.8) is 0 Å². The molecule has 0 aromatic heterocycles. The van der Waals surface area contributed by atoms with E-state index in [4.69, 9.17) is 0 Å². The Labute approximate surface area is 123 Å². The third-order valence-corrected chi connectivity index (χ3v) is 4.37. The summed E-state index contributed by atoms with van der Waals surface area (Å²) in [5.74, 6) is 0. The highest BCUT2D eigenvalue weighted by molar-refractivity contribution is 5.48. The highest BCUT2D eigenvalue weighted by atomic mass is 16.3. The van der Waals surface area contributed by atoms with Gasteiger partial charge >= 0.3 is 0 Å². The Hall–Kier alpha value is -1.06. The van der Waals surface area contributed by atoms with Gasteiger partial charge in [-0.3, -0.25) is 0 Å². The predicted octanol–water partition coefficient (Wildman–Crippen LogP) is 3.10. The fourth-order valence-electron chi connectivity index (χ4n) is 2.74. The van der Waals surface area contributed by atoms with E-state index in [2.05, 4.69) is 55.3 Å². The van der Waals surface area contributed by atoms with Gasteiger partial charge in [0, 0.05) is 30.9 Å². The predicted molar refractivity (Wildman–Crippen MR) is 85.2 cm³/mol. The van der Waals surface area contributed by atoms with Gasteiger partial charge in [0.25, 0.3) is 0 Å². The van der Waals surface area contributed by atoms with E-state index < -0.39 is 0 Å². The van der Waals surface area contributed by atoms with Crippen LogP contribution >= 0.6 is 0 Å². The first-order valence-electron chi connectivity index (χ1n) is 7.89. The molecule has 0 radical (unpaired) electrons. The van der Waals surface area contributed by atoms with Gasteiger partial charge in [-0.05, 0) is 50.8 Å². The summed E-state index contributed by atoms with van der Waals surface area (Å²) >= 11 is 0. The summed E-state index contributed by atoms with van der Waals surface area (Å²) in [7, 11) is 0. The SMILES string of the molecule is CCC(C)NC(C)c1ccc(N2CCC(O)CC2)cc1. The van der Waals surface area contributed by atoms with Gasteiger partial charge in [-0.2, -0.15) is 0 Å². The fourth-order valence-corrected chi connectivity index (χ4v) is 2.74. The van der Waals surface area contributed by atoms with Crippen molar-refractivity contribution in [3.8, 4) is 0 Å². The average Bonchev–Trinajstić information content (AvgIpc) is 2.48. The molecule has 1 saturated heterocycles. The van der Waals surface area contributed by atoms with E-state index in [-0.39, 0.29) is 6.10 Å². The molecule has 0 aliphatic carbocycles. The zero-order valence-corrected chi connectivity index (χ0v) is 13.0. The molecule has 2 unspecified atom stereocenters. The standard InChI is InChI=1S/C17H28N2O/c1-4-13(2)18-14(3)15-5-7-16(8-6-15)19-11-9-17(20)10-12-19/h5-8,13-14,17-18,20H,4,9-12H2,1-3H3. The molecule has 1 heterocycles. The van der Waals surface area contributed by atoms with Crippen molar-refractivity contribution in [2.24, 2.45) is 0 Å². The van der Waals surface area contributed by atoms with Crippen molar-refractivity contribution in [2.75, 3.05) is 18.0 Å². The smallest absolute Gasteiger partial charge is 0.0574 e. The second-order valence-electron chi connectivity index (χ2n) is 6.01. The second-order valence-corrected chi connectivity index (χ2v) is 6.01. The number of nitrogens with one attached hydrogen (secondary N) is 1. The molecular weight excluding hydrogens is 248 g/mol. The Morgan fingerprint density at radius 3 is 2.35 bits per heavy atom. The fraction of sp³-hybridized carbons (Fsp3) is 0.647. The van der Waals surface area contributed by atoms with Gasteiger partial charge in [0.2, 0.25) is 0 Å². The summed E-state index contributed by atoms with van der Waals surface area (Å²) in [4.78, 5) is 2.36. The summed E-state index contributed by atoms with van der Waals surface area (Å²) < 4.78 is 0. The minimum Gasteiger partial charge on any atom is -0.393 e. The van der Waals surface area contributed by atoms with E-state index in [0.29, 0.717) is 12.1 Å². The molecule has 1 aromatic rings. The van der Waals surface area contributed by atoms with Gasteiger partial charge in [-0.25, -0.2) is 0 Å². The average molecular weight is 276 g/mol. The lowest BCUT2D eigenvalue weighted by Crippen LogP contribution is -2.35. The van der Waals surface area contributed by atoms with Crippen LogP contribution in [0.5, 0.6) is 0 Å². The summed E-state index contributed by atoms with van der Waals surface area (Å²) in [5, 5.41) is 13.2. The van der Waals surface area contributed by atoms with E-state index in [1.54, 1.807) is 0 Å². The number of aliphatic hydroxyl groups excluding tert-OH is 1. The van der Waals surface area contributed by atoms with Crippen LogP contribution in [-0.2, 0) is 0 Å². The van der Waals surface area contributed by atoms with Crippen LogP contribution in [0.4, 0.5) is 5.69 Å². The quantitative estimate of drug-likeness (QED) is 0.867. The molecule has 20 heavy (non-hydrogen) atoms. The first kappa shape index (κ1) is 15.3. The van der Waals surface area contributed by atoms with Crippen LogP contribution in [0.25, 0.3) is 0 Å². The number of hydrogen-bond acceptors (Lipinski definition) is 3. The van der Waals surface area contributed by atoms with Crippen LogP contribution in [0.15, 0.2) is 24.3 Å². The molecule has 2 atom stereocenters. The number of benzene rings is 1. The van der Waals surface area contributed by atoms with Gasteiger partial charge in [-0.1, -0.05) is 19.1 Å². The van der Waals surface area contributed by atoms with E-state index in [1.165, 1.54) is 11.3 Å². The van der Waals surface area contributed by atoms with Crippen molar-refractivity contribution in [1.29, 1.82) is 0 Å². The molecule has 1 fully saturated rings. The summed E-state index contributed by atoms with van der Waals surface area (Å²) in [5.41, 5.74) is 2.61. The van der Waals surface area contributed by atoms with Crippen molar-refractivity contribution < 1.29 is 5.11 Å². The molecule has 1 aliphatic rings. The van der Waals surface area contributed by atoms with E-state index in [9.17, 15) is 5.11 Å². The maximum atomic E-state index is 9.56. The number of aliphatic hydroxyl groups is 1. The molecule has 0 spiro atoms. The Morgan fingerprint density at radius 1 is 1.20 bits per heavy atom. The number of hydrogen-bond donors (Lipinski definition) is 2. The molecule has 1 aromatic carbocycles. The normalized spacial score (nSPS) is 19.9. The maximum Gasteiger partial charge on any atom is 0.0574 e. The molecule has 112 valence electrons. The summed E-state index contributed by atoms with van der Waals surface area (Å²) in [6.07, 6.45) is 2.81. The highest BCUT2D eigenvalue weighted by Crippen LogP contribution is 2.22. The lowest BCUT2D eigenvalue weighted by atomic mass is 10.0. The molecule has 3 heteroatoms. The topological polar surface area (TPSA) is 35.5 Å². The molecule has 2 rings (SSSR count). The molecule has 0 saturated carbocycles. The van der Waals surface area contributed by atoms with Crippen LogP contribution in [-0.4, -0.2) is 30.3 Å². The van der Waals surface area contributed by atoms with Crippen LogP contribution < -0.4 is 10.2 Å². The zero-order valence-electron chi connectivity index (χ0n) is 13.0. The number of rotatable bonds is 5. The summed E-state index contributed by atoms with van der Waals surface area (Å²) in [6.45, 7) is 8.57. The highest BCUT2D eigenvalue weighted by Gasteiger charge is 2.17. The third kappa shape index (κ3) is 3.97. The Morgan fingerprint density at radius 2 is 1.80 bits per heavy atom. The van der Waals surface area contributed by atoms with Crippen molar-refractivity contribution in [3.05, 3.63) is 29.8 Å². The van der Waals surface area contributed by atoms with Crippen molar-refractivity contribution >= 4 is 5.69 Å². The maximum absolute atomic E-state index is 9.56. The minimum atomic E-state index is -0.106. The largest absolute Gasteiger partial charge is 0.393 e. The molecular formula is C17H28N2O. The summed E-state index contributed by atoms with van der Waals surface area (Å²) in [6, 6.07) is 9.81. The van der Waals surface area contributed by atoms with Crippen LogP contribution in [0.1, 0.15) is 51.6 Å². The van der Waals surface area contributed by atoms with Gasteiger partial charge in [0.15, 0.2) is 0 Å². The number of anilines is 1. The lowest BCUT2D eigenvalue weighted by Gasteiger charge is -2.31. The van der Waals surface area contributed by atoms with Gasteiger partial charge < -0.3 is 15.3 Å². The molecule has 0 amide bonds. The molecule has 1 aliphatic heterocycles. The monoisotopic (exact) mass is 276 g/mol. The number of nitrogens with zero attached hydrogens (tertiary/aromatic N) is 1. The zero-order chi connectivity index (χ0) is 14.5. The van der Waals surface area contributed by atoms with Crippen LogP contribution in [0, 0.1) is 0 Å². The van der Waals surface area contributed by atoms with Crippen LogP contribution in [0.3, 0.4) is 0 Å². The van der Waals surface area contributed by atoms with E-state index in [0.717, 1.165) is 32.4 Å². The van der Waals surface area contributed by atoms with E-state index >= 15 is 0 Å². The minimum absolute atomic E-state index is 0.106. The Balaban J connectivity index is 1.95. The molecule has 2 N–H and O–H groups in total. The van der Waals surface area contributed by atoms with Crippen LogP contribution in [0.2, 0.25) is 0 Å². The first-order chi connectivity index (χ1) is 9.60. The Bertz CT molecular complexity index is 396. The number of piperidine rings is 1. The van der Waals surface area contributed by atoms with Gasteiger partial charge in [0.05, 0.1) is 6.10 Å². The van der Waals surface area contributed by atoms with Crippen molar-refractivity contribution in [2.45, 2.75) is 58.2 Å². The van der Waals surface area contributed by atoms with E-state index in [1.807, 2.05) is 0 Å².